The first kappa shape index (κ1) is 15.4. The molecule has 0 aliphatic heterocycles. The van der Waals surface area contributed by atoms with Crippen LogP contribution in [-0.2, 0) is 0 Å². The molecule has 0 radical (unpaired) electrons. The molecule has 1 aromatic heterocycles. The molecule has 0 fully saturated rings. The van der Waals surface area contributed by atoms with Crippen molar-refractivity contribution >= 4 is 0 Å². The first-order valence-electron chi connectivity index (χ1n) is 7.06. The molecule has 1 N–H and O–H groups in total. The number of benzene rings is 1. The molecule has 0 spiro atoms. The number of pyridine rings is 1. The van der Waals surface area contributed by atoms with Crippen molar-refractivity contribution in [2.24, 2.45) is 0 Å². The van der Waals surface area contributed by atoms with E-state index in [-0.39, 0.29) is 18.0 Å². The summed E-state index contributed by atoms with van der Waals surface area (Å²) in [5.74, 6) is 0.546. The van der Waals surface area contributed by atoms with Gasteiger partial charge in [-0.1, -0.05) is 12.1 Å². The molecule has 0 bridgehead atoms. The van der Waals surface area contributed by atoms with E-state index in [0.717, 1.165) is 16.9 Å². The summed E-state index contributed by atoms with van der Waals surface area (Å²) in [5, 5.41) is 3.24. The minimum absolute atomic E-state index is 0.0486. The van der Waals surface area contributed by atoms with Gasteiger partial charge in [-0.25, -0.2) is 4.39 Å². The highest BCUT2D eigenvalue weighted by Crippen LogP contribution is 2.25. The Hall–Kier alpha value is -1.94. The molecule has 0 aliphatic carbocycles. The van der Waals surface area contributed by atoms with Crippen molar-refractivity contribution < 1.29 is 9.13 Å². The lowest BCUT2D eigenvalue weighted by atomic mass is 9.98. The molecule has 0 aliphatic rings. The Kier molecular flexibility index (Phi) is 4.91. The average Bonchev–Trinajstić information content (AvgIpc) is 2.43. The van der Waals surface area contributed by atoms with Gasteiger partial charge in [-0.05, 0) is 56.6 Å². The zero-order valence-electron chi connectivity index (χ0n) is 12.9. The highest BCUT2D eigenvalue weighted by atomic mass is 19.1. The molecule has 1 heterocycles. The summed E-state index contributed by atoms with van der Waals surface area (Å²) >= 11 is 0. The van der Waals surface area contributed by atoms with Gasteiger partial charge in [0.1, 0.15) is 11.6 Å². The van der Waals surface area contributed by atoms with Crippen LogP contribution in [0.3, 0.4) is 0 Å². The second-order valence-corrected chi connectivity index (χ2v) is 5.35. The molecule has 1 aromatic carbocycles. The predicted octanol–water partition coefficient (Wildman–Crippen LogP) is 3.63. The van der Waals surface area contributed by atoms with Crippen LogP contribution in [0.5, 0.6) is 5.75 Å². The number of nitrogens with one attached hydrogen (secondary N) is 1. The summed E-state index contributed by atoms with van der Waals surface area (Å²) in [6.07, 6.45) is 3.60. The molecule has 0 saturated carbocycles. The molecule has 3 nitrogen and oxygen atoms in total. The summed E-state index contributed by atoms with van der Waals surface area (Å²) in [5.41, 5.74) is 2.62. The Bertz CT molecular complexity index is 613. The van der Waals surface area contributed by atoms with Crippen molar-refractivity contribution in [1.82, 2.24) is 10.3 Å². The highest BCUT2D eigenvalue weighted by molar-refractivity contribution is 5.36. The van der Waals surface area contributed by atoms with E-state index in [0.29, 0.717) is 5.56 Å². The number of aryl methyl sites for hydroxylation is 1. The van der Waals surface area contributed by atoms with E-state index < -0.39 is 0 Å². The van der Waals surface area contributed by atoms with Crippen LogP contribution in [0.15, 0.2) is 36.7 Å². The number of hydrogen-bond acceptors (Lipinski definition) is 3. The van der Waals surface area contributed by atoms with E-state index in [1.165, 1.54) is 6.07 Å². The molecule has 21 heavy (non-hydrogen) atoms. The zero-order valence-corrected chi connectivity index (χ0v) is 12.9. The van der Waals surface area contributed by atoms with Gasteiger partial charge in [0.25, 0.3) is 0 Å². The maximum atomic E-state index is 13.4. The standard InChI is InChI=1S/C17H21FN2O/c1-11(2)21-15-8-14(9-20-10-15)17(19-4)13-5-6-16(18)12(3)7-13/h5-11,17,19H,1-4H3. The lowest BCUT2D eigenvalue weighted by Gasteiger charge is -2.19. The highest BCUT2D eigenvalue weighted by Gasteiger charge is 2.14. The third kappa shape index (κ3) is 3.79. The van der Waals surface area contributed by atoms with Gasteiger partial charge in [-0.3, -0.25) is 4.98 Å². The average molecular weight is 288 g/mol. The number of nitrogens with zero attached hydrogens (tertiary/aromatic N) is 1. The van der Waals surface area contributed by atoms with Crippen molar-refractivity contribution in [3.05, 3.63) is 59.2 Å². The summed E-state index contributed by atoms with van der Waals surface area (Å²) < 4.78 is 19.1. The van der Waals surface area contributed by atoms with Crippen molar-refractivity contribution in [1.29, 1.82) is 0 Å². The first-order chi connectivity index (χ1) is 10.0. The maximum Gasteiger partial charge on any atom is 0.138 e. The van der Waals surface area contributed by atoms with Crippen LogP contribution in [0.2, 0.25) is 0 Å². The summed E-state index contributed by atoms with van der Waals surface area (Å²) in [6, 6.07) is 7.06. The fraction of sp³-hybridized carbons (Fsp3) is 0.353. The van der Waals surface area contributed by atoms with E-state index in [2.05, 4.69) is 10.3 Å². The number of halogens is 1. The third-order valence-corrected chi connectivity index (χ3v) is 3.24. The number of hydrogen-bond donors (Lipinski definition) is 1. The van der Waals surface area contributed by atoms with E-state index >= 15 is 0 Å². The van der Waals surface area contributed by atoms with Gasteiger partial charge < -0.3 is 10.1 Å². The minimum atomic E-state index is -0.191. The summed E-state index contributed by atoms with van der Waals surface area (Å²) in [4.78, 5) is 4.23. The molecular weight excluding hydrogens is 267 g/mol. The molecule has 2 aromatic rings. The third-order valence-electron chi connectivity index (χ3n) is 3.24. The minimum Gasteiger partial charge on any atom is -0.489 e. The number of aromatic nitrogens is 1. The molecule has 1 unspecified atom stereocenters. The van der Waals surface area contributed by atoms with Gasteiger partial charge in [0.05, 0.1) is 18.3 Å². The second-order valence-electron chi connectivity index (χ2n) is 5.35. The number of rotatable bonds is 5. The topological polar surface area (TPSA) is 34.2 Å². The maximum absolute atomic E-state index is 13.4. The van der Waals surface area contributed by atoms with E-state index in [4.69, 9.17) is 4.74 Å². The Labute approximate surface area is 125 Å². The molecular formula is C17H21FN2O. The van der Waals surface area contributed by atoms with Gasteiger partial charge >= 0.3 is 0 Å². The van der Waals surface area contributed by atoms with Crippen molar-refractivity contribution in [3.8, 4) is 5.75 Å². The summed E-state index contributed by atoms with van der Waals surface area (Å²) in [7, 11) is 1.87. The Morgan fingerprint density at radius 3 is 2.52 bits per heavy atom. The molecule has 2 rings (SSSR count). The SMILES string of the molecule is CNC(c1cncc(OC(C)C)c1)c1ccc(F)c(C)c1. The normalized spacial score (nSPS) is 12.5. The summed E-state index contributed by atoms with van der Waals surface area (Å²) in [6.45, 7) is 5.72. The zero-order chi connectivity index (χ0) is 15.4. The van der Waals surface area contributed by atoms with Gasteiger partial charge in [0.2, 0.25) is 0 Å². The lowest BCUT2D eigenvalue weighted by Crippen LogP contribution is -2.18. The Morgan fingerprint density at radius 2 is 1.90 bits per heavy atom. The Balaban J connectivity index is 2.34. The Morgan fingerprint density at radius 1 is 1.14 bits per heavy atom. The van der Waals surface area contributed by atoms with Crippen LogP contribution >= 0.6 is 0 Å². The van der Waals surface area contributed by atoms with Crippen LogP contribution in [0.1, 0.15) is 36.6 Å². The molecule has 0 saturated heterocycles. The second kappa shape index (κ2) is 6.68. The van der Waals surface area contributed by atoms with Gasteiger partial charge in [-0.15, -0.1) is 0 Å². The van der Waals surface area contributed by atoms with E-state index in [1.807, 2.05) is 33.0 Å². The van der Waals surface area contributed by atoms with Crippen LogP contribution in [0.25, 0.3) is 0 Å². The molecule has 1 atom stereocenters. The van der Waals surface area contributed by atoms with Crippen molar-refractivity contribution in [2.45, 2.75) is 32.9 Å². The fourth-order valence-electron chi connectivity index (χ4n) is 2.30. The molecule has 4 heteroatoms. The van der Waals surface area contributed by atoms with Gasteiger partial charge in [-0.2, -0.15) is 0 Å². The monoisotopic (exact) mass is 288 g/mol. The fourth-order valence-corrected chi connectivity index (χ4v) is 2.30. The largest absolute Gasteiger partial charge is 0.489 e. The van der Waals surface area contributed by atoms with E-state index in [9.17, 15) is 4.39 Å². The van der Waals surface area contributed by atoms with Gasteiger partial charge in [0, 0.05) is 6.20 Å². The first-order valence-corrected chi connectivity index (χ1v) is 7.06. The smallest absolute Gasteiger partial charge is 0.138 e. The van der Waals surface area contributed by atoms with Gasteiger partial charge in [0.15, 0.2) is 0 Å². The molecule has 0 amide bonds. The lowest BCUT2D eigenvalue weighted by molar-refractivity contribution is 0.241. The van der Waals surface area contributed by atoms with E-state index in [1.54, 1.807) is 25.4 Å². The van der Waals surface area contributed by atoms with Crippen LogP contribution in [0.4, 0.5) is 4.39 Å². The molecule has 112 valence electrons. The van der Waals surface area contributed by atoms with Crippen LogP contribution in [0, 0.1) is 12.7 Å². The van der Waals surface area contributed by atoms with Crippen LogP contribution in [-0.4, -0.2) is 18.1 Å². The van der Waals surface area contributed by atoms with Crippen molar-refractivity contribution in [3.63, 3.8) is 0 Å². The van der Waals surface area contributed by atoms with Crippen LogP contribution < -0.4 is 10.1 Å². The quantitative estimate of drug-likeness (QED) is 0.912. The van der Waals surface area contributed by atoms with Crippen molar-refractivity contribution in [2.75, 3.05) is 7.05 Å². The predicted molar refractivity (Wildman–Crippen MR) is 82.0 cm³/mol. The number of ether oxygens (including phenoxy) is 1.